The highest BCUT2D eigenvalue weighted by Crippen LogP contribution is 2.31. The van der Waals surface area contributed by atoms with Crippen molar-refractivity contribution in [3.63, 3.8) is 0 Å². The van der Waals surface area contributed by atoms with Gasteiger partial charge in [0.2, 0.25) is 11.8 Å². The average Bonchev–Trinajstić information content (AvgIpc) is 2.94. The summed E-state index contributed by atoms with van der Waals surface area (Å²) in [5.41, 5.74) is 5.60. The maximum absolute atomic E-state index is 12.5. The maximum Gasteiger partial charge on any atom is 0.227 e. The smallest absolute Gasteiger partial charge is 0.227 e. The number of benzene rings is 1. The first-order valence-electron chi connectivity index (χ1n) is 9.00. The zero-order valence-electron chi connectivity index (χ0n) is 15.7. The molecule has 6 heteroatoms. The van der Waals surface area contributed by atoms with E-state index < -0.39 is 0 Å². The minimum atomic E-state index is -0.269. The lowest BCUT2D eigenvalue weighted by molar-refractivity contribution is -0.126. The molecule has 1 saturated heterocycles. The van der Waals surface area contributed by atoms with Crippen molar-refractivity contribution in [2.45, 2.75) is 33.6 Å². The van der Waals surface area contributed by atoms with Gasteiger partial charge in [0.1, 0.15) is 0 Å². The summed E-state index contributed by atoms with van der Waals surface area (Å²) >= 11 is 0. The monoisotopic (exact) mass is 377 g/mol. The highest BCUT2D eigenvalue weighted by molar-refractivity contribution is 6.01. The van der Waals surface area contributed by atoms with Gasteiger partial charge in [-0.25, -0.2) is 0 Å². The standard InChI is InChI=1S/C20H27N3O2.ClH/c1-13-8-14(2)19(15(3)9-13)23-12-17(10-18(23)24)20(25)22-11-16-4-6-21-7-5-16;/h4,8-9,17,21H,5-7,10-12H2,1-3H3,(H,22,25);1H. The van der Waals surface area contributed by atoms with Gasteiger partial charge in [0.25, 0.3) is 0 Å². The first kappa shape index (κ1) is 20.5. The Bertz CT molecular complexity index is 707. The van der Waals surface area contributed by atoms with Crippen LogP contribution < -0.4 is 15.5 Å². The maximum atomic E-state index is 12.5. The number of halogens is 1. The van der Waals surface area contributed by atoms with Crippen molar-refractivity contribution in [3.05, 3.63) is 40.5 Å². The molecule has 1 fully saturated rings. The molecule has 1 aromatic rings. The van der Waals surface area contributed by atoms with E-state index in [0.717, 1.165) is 36.3 Å². The summed E-state index contributed by atoms with van der Waals surface area (Å²) in [6.07, 6.45) is 3.39. The number of carbonyl (C=O) groups excluding carboxylic acids is 2. The third-order valence-corrected chi connectivity index (χ3v) is 5.05. The van der Waals surface area contributed by atoms with Crippen LogP contribution in [0.1, 0.15) is 29.5 Å². The Morgan fingerprint density at radius 2 is 1.96 bits per heavy atom. The minimum Gasteiger partial charge on any atom is -0.352 e. The average molecular weight is 378 g/mol. The van der Waals surface area contributed by atoms with Gasteiger partial charge >= 0.3 is 0 Å². The van der Waals surface area contributed by atoms with Crippen molar-refractivity contribution in [3.8, 4) is 0 Å². The highest BCUT2D eigenvalue weighted by Gasteiger charge is 2.36. The number of hydrogen-bond acceptors (Lipinski definition) is 3. The Morgan fingerprint density at radius 3 is 2.58 bits per heavy atom. The number of nitrogens with one attached hydrogen (secondary N) is 2. The van der Waals surface area contributed by atoms with Gasteiger partial charge in [-0.2, -0.15) is 0 Å². The molecule has 2 N–H and O–H groups in total. The van der Waals surface area contributed by atoms with Crippen LogP contribution in [0.15, 0.2) is 23.8 Å². The molecule has 26 heavy (non-hydrogen) atoms. The molecule has 2 heterocycles. The van der Waals surface area contributed by atoms with Crippen LogP contribution in [-0.4, -0.2) is 38.0 Å². The molecule has 0 radical (unpaired) electrons. The molecule has 0 saturated carbocycles. The van der Waals surface area contributed by atoms with Gasteiger partial charge in [0.15, 0.2) is 0 Å². The second-order valence-corrected chi connectivity index (χ2v) is 7.19. The SMILES string of the molecule is Cc1cc(C)c(N2CC(C(=O)NCC3=CCNCC3)CC2=O)c(C)c1.Cl. The Labute approximate surface area is 161 Å². The Hall–Kier alpha value is -1.85. The molecule has 0 aliphatic carbocycles. The zero-order valence-corrected chi connectivity index (χ0v) is 16.5. The fourth-order valence-corrected chi connectivity index (χ4v) is 3.87. The molecule has 5 nitrogen and oxygen atoms in total. The van der Waals surface area contributed by atoms with Crippen LogP contribution in [0.2, 0.25) is 0 Å². The van der Waals surface area contributed by atoms with Gasteiger partial charge in [0, 0.05) is 31.7 Å². The second-order valence-electron chi connectivity index (χ2n) is 7.19. The van der Waals surface area contributed by atoms with Crippen molar-refractivity contribution in [2.24, 2.45) is 5.92 Å². The third-order valence-electron chi connectivity index (χ3n) is 5.05. The Kier molecular flexibility index (Phi) is 6.84. The van der Waals surface area contributed by atoms with E-state index in [4.69, 9.17) is 0 Å². The Morgan fingerprint density at radius 1 is 1.27 bits per heavy atom. The van der Waals surface area contributed by atoms with Gasteiger partial charge < -0.3 is 15.5 Å². The highest BCUT2D eigenvalue weighted by atomic mass is 35.5. The summed E-state index contributed by atoms with van der Waals surface area (Å²) in [6.45, 7) is 9.00. The Balaban J connectivity index is 0.00000243. The number of nitrogens with zero attached hydrogens (tertiary/aromatic N) is 1. The molecule has 2 aliphatic heterocycles. The van der Waals surface area contributed by atoms with Gasteiger partial charge in [0.05, 0.1) is 5.92 Å². The van der Waals surface area contributed by atoms with Crippen LogP contribution in [0.25, 0.3) is 0 Å². The normalized spacial score (nSPS) is 19.8. The molecule has 0 spiro atoms. The molecule has 0 bridgehead atoms. The first-order valence-corrected chi connectivity index (χ1v) is 9.00. The number of anilines is 1. The molecule has 2 amide bonds. The lowest BCUT2D eigenvalue weighted by Gasteiger charge is -2.22. The molecule has 142 valence electrons. The minimum absolute atomic E-state index is 0. The van der Waals surface area contributed by atoms with Crippen molar-refractivity contribution < 1.29 is 9.59 Å². The van der Waals surface area contributed by atoms with Crippen molar-refractivity contribution in [1.82, 2.24) is 10.6 Å². The zero-order chi connectivity index (χ0) is 18.0. The third kappa shape index (κ3) is 4.46. The fraction of sp³-hybridized carbons (Fsp3) is 0.500. The van der Waals surface area contributed by atoms with Crippen molar-refractivity contribution in [1.29, 1.82) is 0 Å². The van der Waals surface area contributed by atoms with Crippen LogP contribution in [0.5, 0.6) is 0 Å². The van der Waals surface area contributed by atoms with Crippen molar-refractivity contribution >= 4 is 29.9 Å². The van der Waals surface area contributed by atoms with E-state index in [1.54, 1.807) is 4.90 Å². The largest absolute Gasteiger partial charge is 0.352 e. The van der Waals surface area contributed by atoms with E-state index in [2.05, 4.69) is 35.8 Å². The molecule has 1 unspecified atom stereocenters. The van der Waals surface area contributed by atoms with Crippen molar-refractivity contribution in [2.75, 3.05) is 31.1 Å². The van der Waals surface area contributed by atoms with Gasteiger partial charge in [-0.1, -0.05) is 29.3 Å². The van der Waals surface area contributed by atoms with E-state index in [1.165, 1.54) is 11.1 Å². The molecular weight excluding hydrogens is 350 g/mol. The molecule has 1 atom stereocenters. The van der Waals surface area contributed by atoms with Gasteiger partial charge in [-0.3, -0.25) is 9.59 Å². The lowest BCUT2D eigenvalue weighted by Crippen LogP contribution is -2.35. The van der Waals surface area contributed by atoms with Crippen LogP contribution >= 0.6 is 12.4 Å². The lowest BCUT2D eigenvalue weighted by atomic mass is 10.0. The number of hydrogen-bond donors (Lipinski definition) is 2. The van der Waals surface area contributed by atoms with Gasteiger partial charge in [-0.05, 0) is 44.9 Å². The molecular formula is C20H28ClN3O2. The second kappa shape index (κ2) is 8.69. The van der Waals surface area contributed by atoms with Crippen LogP contribution in [0, 0.1) is 26.7 Å². The molecule has 3 rings (SSSR count). The van der Waals surface area contributed by atoms with Gasteiger partial charge in [-0.15, -0.1) is 12.4 Å². The number of amides is 2. The topological polar surface area (TPSA) is 61.4 Å². The van der Waals surface area contributed by atoms with E-state index in [9.17, 15) is 9.59 Å². The number of carbonyl (C=O) groups is 2. The summed E-state index contributed by atoms with van der Waals surface area (Å²) in [4.78, 5) is 26.8. The summed E-state index contributed by atoms with van der Waals surface area (Å²) in [7, 11) is 0. The summed E-state index contributed by atoms with van der Waals surface area (Å²) in [6, 6.07) is 4.18. The number of aryl methyl sites for hydroxylation is 3. The van der Waals surface area contributed by atoms with E-state index >= 15 is 0 Å². The predicted molar refractivity (Wildman–Crippen MR) is 107 cm³/mol. The van der Waals surface area contributed by atoms with Crippen LogP contribution in [-0.2, 0) is 9.59 Å². The molecule has 1 aromatic carbocycles. The van der Waals surface area contributed by atoms with Crippen LogP contribution in [0.3, 0.4) is 0 Å². The number of rotatable bonds is 4. The summed E-state index contributed by atoms with van der Waals surface area (Å²) < 4.78 is 0. The van der Waals surface area contributed by atoms with E-state index in [0.29, 0.717) is 19.5 Å². The molecule has 0 aromatic heterocycles. The first-order chi connectivity index (χ1) is 12.0. The predicted octanol–water partition coefficient (Wildman–Crippen LogP) is 2.42. The fourth-order valence-electron chi connectivity index (χ4n) is 3.87. The molecule has 2 aliphatic rings. The van der Waals surface area contributed by atoms with E-state index in [1.807, 2.05) is 13.8 Å². The van der Waals surface area contributed by atoms with E-state index in [-0.39, 0.29) is 30.1 Å². The summed E-state index contributed by atoms with van der Waals surface area (Å²) in [5, 5.41) is 6.27. The quantitative estimate of drug-likeness (QED) is 0.792. The van der Waals surface area contributed by atoms with Crippen LogP contribution in [0.4, 0.5) is 5.69 Å². The summed E-state index contributed by atoms with van der Waals surface area (Å²) in [5.74, 6) is -0.246.